The number of rotatable bonds is 12. The first kappa shape index (κ1) is 23.4. The number of allylic oxidation sites excluding steroid dienone is 6. The van der Waals surface area contributed by atoms with Gasteiger partial charge in [-0.3, -0.25) is 14.4 Å². The summed E-state index contributed by atoms with van der Waals surface area (Å²) < 4.78 is 10.1. The molecule has 6 nitrogen and oxygen atoms in total. The zero-order valence-electron chi connectivity index (χ0n) is 17.2. The van der Waals surface area contributed by atoms with Crippen LogP contribution in [0, 0.1) is 0 Å². The maximum absolute atomic E-state index is 12.6. The smallest absolute Gasteiger partial charge is 0.303 e. The molecule has 0 aromatic rings. The van der Waals surface area contributed by atoms with Gasteiger partial charge in [-0.25, -0.2) is 0 Å². The van der Waals surface area contributed by atoms with Crippen LogP contribution in [-0.4, -0.2) is 36.9 Å². The van der Waals surface area contributed by atoms with Crippen LogP contribution in [0.5, 0.6) is 0 Å². The van der Waals surface area contributed by atoms with Crippen LogP contribution in [0.4, 0.5) is 0 Å². The lowest BCUT2D eigenvalue weighted by Crippen LogP contribution is -2.24. The number of hydrogen-bond donors (Lipinski definition) is 1. The van der Waals surface area contributed by atoms with E-state index in [0.29, 0.717) is 24.0 Å². The first-order valence-electron chi connectivity index (χ1n) is 9.47. The number of unbranched alkanes of at least 4 members (excludes halogenated alkanes) is 2. The van der Waals surface area contributed by atoms with Gasteiger partial charge in [0, 0.05) is 17.6 Å². The van der Waals surface area contributed by atoms with Crippen molar-refractivity contribution in [3.63, 3.8) is 0 Å². The fourth-order valence-electron chi connectivity index (χ4n) is 2.90. The molecular formula is C22H30O6. The summed E-state index contributed by atoms with van der Waals surface area (Å²) in [5.74, 6) is -1.44. The first-order valence-corrected chi connectivity index (χ1v) is 9.47. The van der Waals surface area contributed by atoms with Crippen molar-refractivity contribution in [1.29, 1.82) is 0 Å². The quantitative estimate of drug-likeness (QED) is 0.304. The summed E-state index contributed by atoms with van der Waals surface area (Å²) >= 11 is 0. The third-order valence-electron chi connectivity index (χ3n) is 4.63. The number of hydrogen-bond acceptors (Lipinski definition) is 5. The highest BCUT2D eigenvalue weighted by Gasteiger charge is 2.33. The Kier molecular flexibility index (Phi) is 9.99. The van der Waals surface area contributed by atoms with Crippen molar-refractivity contribution in [3.05, 3.63) is 46.5 Å². The second-order valence-corrected chi connectivity index (χ2v) is 6.73. The fraction of sp³-hybridized carbons (Fsp3) is 0.500. The average Bonchev–Trinajstić information content (AvgIpc) is 2.66. The molecule has 28 heavy (non-hydrogen) atoms. The van der Waals surface area contributed by atoms with Crippen LogP contribution in [0.15, 0.2) is 46.5 Å². The number of carboxylic acid groups (broad SMARTS) is 1. The van der Waals surface area contributed by atoms with Crippen LogP contribution in [0.2, 0.25) is 0 Å². The van der Waals surface area contributed by atoms with Crippen molar-refractivity contribution >= 4 is 17.5 Å². The van der Waals surface area contributed by atoms with E-state index in [9.17, 15) is 14.4 Å². The highest BCUT2D eigenvalue weighted by molar-refractivity contribution is 6.23. The molecule has 0 saturated heterocycles. The molecule has 0 heterocycles. The molecule has 6 heteroatoms. The molecule has 0 aliphatic heterocycles. The lowest BCUT2D eigenvalue weighted by molar-refractivity contribution is -0.137. The molecular weight excluding hydrogens is 360 g/mol. The molecule has 1 N–H and O–H groups in total. The number of carbonyl (C=O) groups excluding carboxylic acids is 2. The van der Waals surface area contributed by atoms with Gasteiger partial charge < -0.3 is 14.6 Å². The van der Waals surface area contributed by atoms with Crippen LogP contribution >= 0.6 is 0 Å². The van der Waals surface area contributed by atoms with E-state index in [4.69, 9.17) is 14.6 Å². The van der Waals surface area contributed by atoms with Crippen molar-refractivity contribution in [2.45, 2.75) is 58.8 Å². The number of methoxy groups -OCH3 is 2. The molecule has 0 fully saturated rings. The molecule has 0 aromatic carbocycles. The molecule has 0 atom stereocenters. The van der Waals surface area contributed by atoms with Gasteiger partial charge in [-0.15, -0.1) is 0 Å². The zero-order valence-corrected chi connectivity index (χ0v) is 17.2. The monoisotopic (exact) mass is 390 g/mol. The number of ketones is 2. The van der Waals surface area contributed by atoms with Crippen molar-refractivity contribution in [1.82, 2.24) is 0 Å². The van der Waals surface area contributed by atoms with Gasteiger partial charge in [0.15, 0.2) is 0 Å². The number of ether oxygens (including phenoxy) is 2. The summed E-state index contributed by atoms with van der Waals surface area (Å²) in [6.07, 6.45) is 10.9. The minimum Gasteiger partial charge on any atom is -0.489 e. The zero-order chi connectivity index (χ0) is 21.1. The van der Waals surface area contributed by atoms with Crippen molar-refractivity contribution < 1.29 is 29.0 Å². The summed E-state index contributed by atoms with van der Waals surface area (Å²) in [5, 5.41) is 8.58. The maximum Gasteiger partial charge on any atom is 0.303 e. The van der Waals surface area contributed by atoms with E-state index in [1.54, 1.807) is 6.92 Å². The van der Waals surface area contributed by atoms with Crippen LogP contribution in [0.3, 0.4) is 0 Å². The first-order chi connectivity index (χ1) is 13.3. The number of carbonyl (C=O) groups is 3. The van der Waals surface area contributed by atoms with Crippen LogP contribution in [0.25, 0.3) is 0 Å². The van der Waals surface area contributed by atoms with E-state index in [-0.39, 0.29) is 29.5 Å². The van der Waals surface area contributed by atoms with Crippen LogP contribution in [0.1, 0.15) is 58.8 Å². The molecule has 0 radical (unpaired) electrons. The predicted octanol–water partition coefficient (Wildman–Crippen LogP) is 4.28. The maximum atomic E-state index is 12.6. The van der Waals surface area contributed by atoms with Gasteiger partial charge >= 0.3 is 5.97 Å². The highest BCUT2D eigenvalue weighted by Crippen LogP contribution is 2.28. The Bertz CT molecular complexity index is 721. The lowest BCUT2D eigenvalue weighted by Gasteiger charge is -2.19. The Balaban J connectivity index is 2.54. The third-order valence-corrected chi connectivity index (χ3v) is 4.63. The second-order valence-electron chi connectivity index (χ2n) is 6.73. The predicted molar refractivity (Wildman–Crippen MR) is 107 cm³/mol. The molecule has 1 rings (SSSR count). The Morgan fingerprint density at radius 2 is 1.57 bits per heavy atom. The van der Waals surface area contributed by atoms with E-state index >= 15 is 0 Å². The van der Waals surface area contributed by atoms with E-state index in [1.165, 1.54) is 14.2 Å². The SMILES string of the molecule is COC1=C(OC)C(=O)C(C/C=C(\C)CC/C=C\CCCCC(=O)O)=C(C)C1=O. The molecule has 154 valence electrons. The van der Waals surface area contributed by atoms with Gasteiger partial charge in [-0.2, -0.15) is 0 Å². The van der Waals surface area contributed by atoms with E-state index < -0.39 is 5.97 Å². The minimum atomic E-state index is -0.750. The summed E-state index contributed by atoms with van der Waals surface area (Å²) in [5.41, 5.74) is 1.97. The Morgan fingerprint density at radius 1 is 0.964 bits per heavy atom. The number of carboxylic acids is 1. The molecule has 0 amide bonds. The summed E-state index contributed by atoms with van der Waals surface area (Å²) in [7, 11) is 2.70. The van der Waals surface area contributed by atoms with Crippen LogP contribution < -0.4 is 0 Å². The van der Waals surface area contributed by atoms with Crippen molar-refractivity contribution in [3.8, 4) is 0 Å². The number of Topliss-reactive ketones (excluding diaryl/α,β-unsaturated/α-hetero) is 2. The summed E-state index contributed by atoms with van der Waals surface area (Å²) in [4.78, 5) is 35.3. The normalized spacial score (nSPS) is 15.6. The second kappa shape index (κ2) is 12.0. The summed E-state index contributed by atoms with van der Waals surface area (Å²) in [6.45, 7) is 3.64. The van der Waals surface area contributed by atoms with Crippen molar-refractivity contribution in [2.75, 3.05) is 14.2 Å². The average molecular weight is 390 g/mol. The molecule has 0 unspecified atom stereocenters. The Morgan fingerprint density at radius 3 is 2.18 bits per heavy atom. The Labute approximate surface area is 166 Å². The van der Waals surface area contributed by atoms with E-state index in [0.717, 1.165) is 31.3 Å². The lowest BCUT2D eigenvalue weighted by atomic mass is 9.90. The van der Waals surface area contributed by atoms with Crippen molar-refractivity contribution in [2.24, 2.45) is 0 Å². The highest BCUT2D eigenvalue weighted by atomic mass is 16.5. The van der Waals surface area contributed by atoms with E-state index in [2.05, 4.69) is 12.2 Å². The van der Waals surface area contributed by atoms with Gasteiger partial charge in [0.25, 0.3) is 0 Å². The van der Waals surface area contributed by atoms with Crippen LogP contribution in [-0.2, 0) is 23.9 Å². The molecule has 1 aliphatic carbocycles. The molecule has 0 spiro atoms. The number of aliphatic carboxylic acids is 1. The third kappa shape index (κ3) is 6.83. The standard InChI is InChI=1S/C22H30O6/c1-15(11-9-7-5-6-8-10-12-18(23)24)13-14-17-16(2)19(25)21(27-3)22(28-4)20(17)26/h5,7,13H,6,8-12,14H2,1-4H3,(H,23,24)/b7-5-,15-13+. The van der Waals surface area contributed by atoms with Gasteiger partial charge in [0.2, 0.25) is 23.1 Å². The molecule has 1 aliphatic rings. The molecule has 0 aromatic heterocycles. The largest absolute Gasteiger partial charge is 0.489 e. The summed E-state index contributed by atoms with van der Waals surface area (Å²) in [6, 6.07) is 0. The van der Waals surface area contributed by atoms with Gasteiger partial charge in [0.05, 0.1) is 14.2 Å². The Hall–Kier alpha value is -2.63. The van der Waals surface area contributed by atoms with Gasteiger partial charge in [-0.1, -0.05) is 23.8 Å². The fourth-order valence-corrected chi connectivity index (χ4v) is 2.90. The van der Waals surface area contributed by atoms with E-state index in [1.807, 2.05) is 13.0 Å². The topological polar surface area (TPSA) is 89.9 Å². The minimum absolute atomic E-state index is 0.0371. The van der Waals surface area contributed by atoms with Gasteiger partial charge in [0.1, 0.15) is 0 Å². The molecule has 0 saturated carbocycles. The van der Waals surface area contributed by atoms with Gasteiger partial charge in [-0.05, 0) is 52.4 Å². The molecule has 0 bridgehead atoms.